The summed E-state index contributed by atoms with van der Waals surface area (Å²) in [5.41, 5.74) is 1.33. The Kier molecular flexibility index (Phi) is 5.55. The van der Waals surface area contributed by atoms with Crippen molar-refractivity contribution < 1.29 is 14.3 Å². The van der Waals surface area contributed by atoms with E-state index in [4.69, 9.17) is 16.3 Å². The van der Waals surface area contributed by atoms with E-state index in [0.29, 0.717) is 17.0 Å². The summed E-state index contributed by atoms with van der Waals surface area (Å²) in [6.07, 6.45) is 0.361. The van der Waals surface area contributed by atoms with Crippen molar-refractivity contribution in [2.24, 2.45) is 0 Å². The number of ether oxygens (including phenoxy) is 1. The molecule has 2 aromatic carbocycles. The van der Waals surface area contributed by atoms with Gasteiger partial charge in [-0.05, 0) is 23.8 Å². The van der Waals surface area contributed by atoms with Gasteiger partial charge < -0.3 is 10.1 Å². The molecule has 0 spiro atoms. The molecule has 0 saturated heterocycles. The number of benzene rings is 2. The van der Waals surface area contributed by atoms with Gasteiger partial charge in [0.1, 0.15) is 6.04 Å². The predicted molar refractivity (Wildman–Crippen MR) is 84.9 cm³/mol. The number of esters is 1. The molecule has 0 aromatic heterocycles. The van der Waals surface area contributed by atoms with Gasteiger partial charge in [-0.15, -0.1) is 0 Å². The van der Waals surface area contributed by atoms with Gasteiger partial charge in [-0.1, -0.05) is 48.0 Å². The topological polar surface area (TPSA) is 55.4 Å². The quantitative estimate of drug-likeness (QED) is 0.863. The lowest BCUT2D eigenvalue weighted by atomic mass is 10.1. The number of rotatable bonds is 5. The Hall–Kier alpha value is -2.33. The van der Waals surface area contributed by atoms with Crippen molar-refractivity contribution in [2.45, 2.75) is 12.5 Å². The maximum absolute atomic E-state index is 12.2. The number of halogens is 1. The van der Waals surface area contributed by atoms with E-state index < -0.39 is 12.0 Å². The average molecular weight is 318 g/mol. The van der Waals surface area contributed by atoms with Crippen LogP contribution in [0.3, 0.4) is 0 Å². The molecule has 4 nitrogen and oxygen atoms in total. The fourth-order valence-corrected chi connectivity index (χ4v) is 2.25. The number of amides is 1. The van der Waals surface area contributed by atoms with E-state index in [0.717, 1.165) is 5.56 Å². The third-order valence-corrected chi connectivity index (χ3v) is 3.40. The normalized spacial score (nSPS) is 11.5. The lowest BCUT2D eigenvalue weighted by molar-refractivity contribution is -0.142. The van der Waals surface area contributed by atoms with Gasteiger partial charge in [0.15, 0.2) is 0 Å². The minimum Gasteiger partial charge on any atom is -0.467 e. The van der Waals surface area contributed by atoms with Crippen LogP contribution < -0.4 is 5.32 Å². The predicted octanol–water partition coefficient (Wildman–Crippen LogP) is 2.85. The highest BCUT2D eigenvalue weighted by Crippen LogP contribution is 2.11. The number of hydrogen-bond acceptors (Lipinski definition) is 3. The van der Waals surface area contributed by atoms with Crippen LogP contribution in [-0.4, -0.2) is 25.0 Å². The summed E-state index contributed by atoms with van der Waals surface area (Å²) in [5, 5.41) is 3.15. The fraction of sp³-hybridized carbons (Fsp3) is 0.176. The van der Waals surface area contributed by atoms with Crippen LogP contribution in [0.1, 0.15) is 15.9 Å². The minimum absolute atomic E-state index is 0.361. The summed E-state index contributed by atoms with van der Waals surface area (Å²) in [4.78, 5) is 24.1. The van der Waals surface area contributed by atoms with Crippen LogP contribution >= 0.6 is 11.6 Å². The second-order valence-corrected chi connectivity index (χ2v) is 5.19. The van der Waals surface area contributed by atoms with Gasteiger partial charge in [-0.2, -0.15) is 0 Å². The molecule has 5 heteroatoms. The molecule has 1 N–H and O–H groups in total. The Morgan fingerprint density at radius 1 is 1.14 bits per heavy atom. The number of nitrogens with one attached hydrogen (secondary N) is 1. The van der Waals surface area contributed by atoms with E-state index in [1.807, 2.05) is 30.3 Å². The molecule has 0 aliphatic heterocycles. The highest BCUT2D eigenvalue weighted by Gasteiger charge is 2.22. The molecule has 1 amide bonds. The molecule has 0 aliphatic rings. The molecule has 0 bridgehead atoms. The standard InChI is InChI=1S/C17H16ClNO3/c1-22-17(21)15(10-12-6-3-2-4-7-12)19-16(20)13-8-5-9-14(18)11-13/h2-9,11,15H,10H2,1H3,(H,19,20). The summed E-state index contributed by atoms with van der Waals surface area (Å²) in [6, 6.07) is 15.2. The SMILES string of the molecule is COC(=O)C(Cc1ccccc1)NC(=O)c1cccc(Cl)c1. The van der Waals surface area contributed by atoms with Crippen LogP contribution in [0.2, 0.25) is 5.02 Å². The maximum atomic E-state index is 12.2. The molecule has 114 valence electrons. The van der Waals surface area contributed by atoms with Crippen molar-refractivity contribution in [2.75, 3.05) is 7.11 Å². The van der Waals surface area contributed by atoms with Gasteiger partial charge >= 0.3 is 5.97 Å². The number of methoxy groups -OCH3 is 1. The number of carbonyl (C=O) groups is 2. The molecule has 0 saturated carbocycles. The first-order valence-corrected chi connectivity index (χ1v) is 7.16. The first-order valence-electron chi connectivity index (χ1n) is 6.78. The van der Waals surface area contributed by atoms with Crippen molar-refractivity contribution in [3.8, 4) is 0 Å². The van der Waals surface area contributed by atoms with E-state index in [1.54, 1.807) is 24.3 Å². The van der Waals surface area contributed by atoms with Gasteiger partial charge in [-0.3, -0.25) is 4.79 Å². The Morgan fingerprint density at radius 3 is 2.50 bits per heavy atom. The molecular formula is C17H16ClNO3. The van der Waals surface area contributed by atoms with Crippen LogP contribution in [0.15, 0.2) is 54.6 Å². The van der Waals surface area contributed by atoms with Gasteiger partial charge in [0, 0.05) is 17.0 Å². The summed E-state index contributed by atoms with van der Waals surface area (Å²) >= 11 is 5.87. The van der Waals surface area contributed by atoms with Crippen LogP contribution in [0.5, 0.6) is 0 Å². The van der Waals surface area contributed by atoms with E-state index in [2.05, 4.69) is 5.32 Å². The number of carbonyl (C=O) groups excluding carboxylic acids is 2. The monoisotopic (exact) mass is 317 g/mol. The molecule has 0 fully saturated rings. The largest absolute Gasteiger partial charge is 0.467 e. The third kappa shape index (κ3) is 4.33. The van der Waals surface area contributed by atoms with Gasteiger partial charge in [0.2, 0.25) is 0 Å². The number of hydrogen-bond donors (Lipinski definition) is 1. The second kappa shape index (κ2) is 7.61. The molecule has 2 rings (SSSR count). The van der Waals surface area contributed by atoms with Crippen LogP contribution in [-0.2, 0) is 16.0 Å². The first kappa shape index (κ1) is 16.0. The van der Waals surface area contributed by atoms with Gasteiger partial charge in [-0.25, -0.2) is 4.79 Å². The first-order chi connectivity index (χ1) is 10.6. The molecule has 2 aromatic rings. The van der Waals surface area contributed by atoms with E-state index in [-0.39, 0.29) is 5.91 Å². The Balaban J connectivity index is 2.13. The van der Waals surface area contributed by atoms with Gasteiger partial charge in [0.05, 0.1) is 7.11 Å². The molecule has 1 atom stereocenters. The fourth-order valence-electron chi connectivity index (χ4n) is 2.06. The zero-order valence-corrected chi connectivity index (χ0v) is 12.8. The molecule has 0 aliphatic carbocycles. The second-order valence-electron chi connectivity index (χ2n) is 4.75. The molecular weight excluding hydrogens is 302 g/mol. The van der Waals surface area contributed by atoms with Crippen LogP contribution in [0, 0.1) is 0 Å². The minimum atomic E-state index is -0.751. The summed E-state index contributed by atoms with van der Waals surface area (Å²) in [7, 11) is 1.30. The van der Waals surface area contributed by atoms with Crippen LogP contribution in [0.4, 0.5) is 0 Å². The highest BCUT2D eigenvalue weighted by atomic mass is 35.5. The zero-order valence-electron chi connectivity index (χ0n) is 12.1. The Bertz CT molecular complexity index is 658. The van der Waals surface area contributed by atoms with E-state index >= 15 is 0 Å². The van der Waals surface area contributed by atoms with E-state index in [9.17, 15) is 9.59 Å². The summed E-state index contributed by atoms with van der Waals surface area (Å²) < 4.78 is 4.77. The van der Waals surface area contributed by atoms with Crippen molar-refractivity contribution in [1.82, 2.24) is 5.32 Å². The highest BCUT2D eigenvalue weighted by molar-refractivity contribution is 6.31. The molecule has 0 heterocycles. The van der Waals surface area contributed by atoms with Crippen molar-refractivity contribution in [3.63, 3.8) is 0 Å². The molecule has 22 heavy (non-hydrogen) atoms. The Morgan fingerprint density at radius 2 is 1.86 bits per heavy atom. The van der Waals surface area contributed by atoms with Crippen molar-refractivity contribution in [3.05, 3.63) is 70.7 Å². The lowest BCUT2D eigenvalue weighted by Crippen LogP contribution is -2.43. The zero-order chi connectivity index (χ0) is 15.9. The third-order valence-electron chi connectivity index (χ3n) is 3.16. The van der Waals surface area contributed by atoms with Gasteiger partial charge in [0.25, 0.3) is 5.91 Å². The summed E-state index contributed by atoms with van der Waals surface area (Å²) in [6.45, 7) is 0. The Labute approximate surface area is 134 Å². The lowest BCUT2D eigenvalue weighted by Gasteiger charge is -2.16. The summed E-state index contributed by atoms with van der Waals surface area (Å²) in [5.74, 6) is -0.854. The molecule has 1 unspecified atom stereocenters. The smallest absolute Gasteiger partial charge is 0.328 e. The van der Waals surface area contributed by atoms with Crippen LogP contribution in [0.25, 0.3) is 0 Å². The average Bonchev–Trinajstić information content (AvgIpc) is 2.54. The van der Waals surface area contributed by atoms with Crippen molar-refractivity contribution in [1.29, 1.82) is 0 Å². The maximum Gasteiger partial charge on any atom is 0.328 e. The van der Waals surface area contributed by atoms with Crippen molar-refractivity contribution >= 4 is 23.5 Å². The van der Waals surface area contributed by atoms with E-state index in [1.165, 1.54) is 7.11 Å². The molecule has 0 radical (unpaired) electrons.